The van der Waals surface area contributed by atoms with Crippen LogP contribution in [0.15, 0.2) is 23.3 Å². The van der Waals surface area contributed by atoms with Crippen LogP contribution < -0.4 is 11.2 Å². The fraction of sp³-hybridized carbons (Fsp3) is 0.182. The first-order valence-electron chi connectivity index (χ1n) is 4.95. The highest BCUT2D eigenvalue weighted by atomic mass is 35.5. The van der Waals surface area contributed by atoms with Crippen molar-refractivity contribution in [2.45, 2.75) is 13.3 Å². The van der Waals surface area contributed by atoms with Gasteiger partial charge in [0.05, 0.1) is 5.69 Å². The number of benzene rings is 1. The minimum atomic E-state index is -0.375. The molecular weight excluding hydrogens is 238 g/mol. The number of amidine groups is 1. The van der Waals surface area contributed by atoms with Gasteiger partial charge in [0.1, 0.15) is 6.07 Å². The molecule has 1 rings (SSSR count). The van der Waals surface area contributed by atoms with Gasteiger partial charge in [-0.25, -0.2) is 0 Å². The molecule has 0 atom stereocenters. The fourth-order valence-electron chi connectivity index (χ4n) is 1.22. The van der Waals surface area contributed by atoms with E-state index in [0.717, 1.165) is 12.0 Å². The molecule has 0 aliphatic rings. The Morgan fingerprint density at radius 3 is 2.88 bits per heavy atom. The summed E-state index contributed by atoms with van der Waals surface area (Å²) in [4.78, 5) is 0. The standard InChI is InChI=1S/C11H12ClN5/c1-2-7-3-4-8(12)5-9(7)16-17-10(6-13)11(14)15/h3-5,16H,2H2,1H3,(H3,14,15)/b17-10+. The van der Waals surface area contributed by atoms with E-state index in [2.05, 4.69) is 10.5 Å². The van der Waals surface area contributed by atoms with E-state index >= 15 is 0 Å². The van der Waals surface area contributed by atoms with Crippen molar-refractivity contribution in [3.05, 3.63) is 28.8 Å². The van der Waals surface area contributed by atoms with Crippen LogP contribution in [0.1, 0.15) is 12.5 Å². The molecule has 0 saturated heterocycles. The largest absolute Gasteiger partial charge is 0.382 e. The predicted octanol–water partition coefficient (Wildman–Crippen LogP) is 2.13. The van der Waals surface area contributed by atoms with Crippen molar-refractivity contribution in [1.29, 1.82) is 10.7 Å². The van der Waals surface area contributed by atoms with Crippen LogP contribution >= 0.6 is 11.6 Å². The number of halogens is 1. The third-order valence-corrected chi connectivity index (χ3v) is 2.34. The van der Waals surface area contributed by atoms with Gasteiger partial charge in [-0.05, 0) is 24.1 Å². The molecule has 0 fully saturated rings. The Morgan fingerprint density at radius 1 is 1.65 bits per heavy atom. The van der Waals surface area contributed by atoms with Crippen LogP contribution in [0.25, 0.3) is 0 Å². The lowest BCUT2D eigenvalue weighted by molar-refractivity contribution is 1.13. The average molecular weight is 250 g/mol. The molecule has 5 nitrogen and oxygen atoms in total. The van der Waals surface area contributed by atoms with E-state index in [1.165, 1.54) is 0 Å². The smallest absolute Gasteiger partial charge is 0.201 e. The van der Waals surface area contributed by atoms with Crippen LogP contribution in [0, 0.1) is 16.7 Å². The molecule has 1 aromatic rings. The van der Waals surface area contributed by atoms with E-state index in [9.17, 15) is 0 Å². The van der Waals surface area contributed by atoms with Crippen molar-refractivity contribution in [1.82, 2.24) is 0 Å². The Kier molecular flexibility index (Phi) is 4.49. The fourth-order valence-corrected chi connectivity index (χ4v) is 1.39. The molecule has 0 heterocycles. The number of rotatable bonds is 4. The van der Waals surface area contributed by atoms with Crippen LogP contribution in [0.2, 0.25) is 5.02 Å². The van der Waals surface area contributed by atoms with Gasteiger partial charge >= 0.3 is 0 Å². The first-order chi connectivity index (χ1) is 8.08. The summed E-state index contributed by atoms with van der Waals surface area (Å²) in [6.45, 7) is 1.99. The number of nitrogens with one attached hydrogen (secondary N) is 2. The summed E-state index contributed by atoms with van der Waals surface area (Å²) < 4.78 is 0. The Balaban J connectivity index is 2.99. The second-order valence-corrected chi connectivity index (χ2v) is 3.69. The van der Waals surface area contributed by atoms with E-state index in [-0.39, 0.29) is 11.5 Å². The van der Waals surface area contributed by atoms with Gasteiger partial charge in [-0.15, -0.1) is 0 Å². The SMILES string of the molecule is CCc1ccc(Cl)cc1N/N=C(\C#N)C(=N)N. The van der Waals surface area contributed by atoms with Crippen LogP contribution in [-0.4, -0.2) is 11.5 Å². The lowest BCUT2D eigenvalue weighted by atomic mass is 10.1. The Hall–Kier alpha value is -2.06. The molecule has 0 radical (unpaired) electrons. The normalized spacial score (nSPS) is 10.8. The third-order valence-electron chi connectivity index (χ3n) is 2.10. The number of hydrogen-bond donors (Lipinski definition) is 3. The molecule has 0 spiro atoms. The van der Waals surface area contributed by atoms with Crippen molar-refractivity contribution in [3.63, 3.8) is 0 Å². The number of aryl methyl sites for hydroxylation is 1. The van der Waals surface area contributed by atoms with E-state index < -0.39 is 0 Å². The second-order valence-electron chi connectivity index (χ2n) is 3.25. The molecule has 88 valence electrons. The summed E-state index contributed by atoms with van der Waals surface area (Å²) in [5.74, 6) is -0.375. The molecule has 0 aromatic heterocycles. The van der Waals surface area contributed by atoms with Crippen molar-refractivity contribution in [2.24, 2.45) is 10.8 Å². The number of hydrogen-bond acceptors (Lipinski definition) is 4. The maximum Gasteiger partial charge on any atom is 0.201 e. The van der Waals surface area contributed by atoms with Gasteiger partial charge in [0.15, 0.2) is 5.84 Å². The highest BCUT2D eigenvalue weighted by Gasteiger charge is 2.04. The quantitative estimate of drug-likeness (QED) is 0.433. The maximum atomic E-state index is 8.69. The molecular formula is C11H12ClN5. The molecule has 0 saturated carbocycles. The summed E-state index contributed by atoms with van der Waals surface area (Å²) >= 11 is 5.87. The number of nitrogens with two attached hydrogens (primary N) is 1. The lowest BCUT2D eigenvalue weighted by Crippen LogP contribution is -2.22. The lowest BCUT2D eigenvalue weighted by Gasteiger charge is -2.07. The molecule has 0 amide bonds. The van der Waals surface area contributed by atoms with Gasteiger partial charge in [-0.1, -0.05) is 24.6 Å². The average Bonchev–Trinajstić information content (AvgIpc) is 2.29. The van der Waals surface area contributed by atoms with Gasteiger partial charge < -0.3 is 5.73 Å². The highest BCUT2D eigenvalue weighted by molar-refractivity contribution is 6.45. The zero-order valence-corrected chi connectivity index (χ0v) is 10.0. The molecule has 17 heavy (non-hydrogen) atoms. The minimum absolute atomic E-state index is 0.160. The van der Waals surface area contributed by atoms with Gasteiger partial charge in [-0.3, -0.25) is 10.8 Å². The van der Waals surface area contributed by atoms with Crippen molar-refractivity contribution in [3.8, 4) is 6.07 Å². The zero-order valence-electron chi connectivity index (χ0n) is 9.29. The van der Waals surface area contributed by atoms with Crippen LogP contribution in [0.5, 0.6) is 0 Å². The molecule has 6 heteroatoms. The topological polar surface area (TPSA) is 98.0 Å². The number of anilines is 1. The molecule has 1 aromatic carbocycles. The van der Waals surface area contributed by atoms with Crippen molar-refractivity contribution < 1.29 is 0 Å². The van der Waals surface area contributed by atoms with E-state index in [1.54, 1.807) is 18.2 Å². The van der Waals surface area contributed by atoms with Gasteiger partial charge in [-0.2, -0.15) is 10.4 Å². The molecule has 4 N–H and O–H groups in total. The van der Waals surface area contributed by atoms with Crippen LogP contribution in [0.3, 0.4) is 0 Å². The highest BCUT2D eigenvalue weighted by Crippen LogP contribution is 2.21. The Morgan fingerprint density at radius 2 is 2.35 bits per heavy atom. The van der Waals surface area contributed by atoms with Crippen LogP contribution in [0.4, 0.5) is 5.69 Å². The first kappa shape index (κ1) is 13.0. The monoisotopic (exact) mass is 249 g/mol. The predicted molar refractivity (Wildman–Crippen MR) is 69.4 cm³/mol. The van der Waals surface area contributed by atoms with E-state index in [4.69, 9.17) is 28.0 Å². The summed E-state index contributed by atoms with van der Waals surface area (Å²) in [5, 5.41) is 20.1. The summed E-state index contributed by atoms with van der Waals surface area (Å²) in [6, 6.07) is 7.09. The summed E-state index contributed by atoms with van der Waals surface area (Å²) in [7, 11) is 0. The third kappa shape index (κ3) is 3.47. The van der Waals surface area contributed by atoms with E-state index in [0.29, 0.717) is 10.7 Å². The molecule has 0 unspecified atom stereocenters. The number of nitrogens with zero attached hydrogens (tertiary/aromatic N) is 2. The minimum Gasteiger partial charge on any atom is -0.382 e. The number of hydrazone groups is 1. The molecule has 0 bridgehead atoms. The zero-order chi connectivity index (χ0) is 12.8. The summed E-state index contributed by atoms with van der Waals surface area (Å²) in [5.41, 5.74) is 9.43. The number of nitriles is 1. The Labute approximate surface area is 104 Å². The van der Waals surface area contributed by atoms with Gasteiger partial charge in [0.2, 0.25) is 5.71 Å². The first-order valence-corrected chi connectivity index (χ1v) is 5.33. The van der Waals surface area contributed by atoms with Crippen LogP contribution in [-0.2, 0) is 6.42 Å². The van der Waals surface area contributed by atoms with E-state index in [1.807, 2.05) is 13.0 Å². The second kappa shape index (κ2) is 5.87. The Bertz CT molecular complexity index is 501. The van der Waals surface area contributed by atoms with Gasteiger partial charge in [0, 0.05) is 5.02 Å². The van der Waals surface area contributed by atoms with Crippen molar-refractivity contribution >= 4 is 28.8 Å². The van der Waals surface area contributed by atoms with Gasteiger partial charge in [0.25, 0.3) is 0 Å². The summed E-state index contributed by atoms with van der Waals surface area (Å²) in [6.07, 6.45) is 0.803. The molecule has 0 aliphatic carbocycles. The van der Waals surface area contributed by atoms with Crippen molar-refractivity contribution in [2.75, 3.05) is 5.43 Å². The molecule has 0 aliphatic heterocycles. The maximum absolute atomic E-state index is 8.69.